The summed E-state index contributed by atoms with van der Waals surface area (Å²) in [5.41, 5.74) is 1.39. The lowest BCUT2D eigenvalue weighted by molar-refractivity contribution is 0.362. The van der Waals surface area contributed by atoms with Crippen LogP contribution in [0.25, 0.3) is 0 Å². The van der Waals surface area contributed by atoms with Gasteiger partial charge in [-0.25, -0.2) is 0 Å². The molecule has 0 saturated carbocycles. The minimum absolute atomic E-state index is 0.457. The summed E-state index contributed by atoms with van der Waals surface area (Å²) in [4.78, 5) is 3.98. The van der Waals surface area contributed by atoms with Gasteiger partial charge in [-0.1, -0.05) is 19.1 Å². The topological polar surface area (TPSA) is 15.3 Å². The van der Waals surface area contributed by atoms with Crippen molar-refractivity contribution in [2.24, 2.45) is 0 Å². The molecule has 0 aromatic heterocycles. The molecular formula is C17H28N2S. The van der Waals surface area contributed by atoms with E-state index in [9.17, 15) is 0 Å². The Morgan fingerprint density at radius 1 is 1.20 bits per heavy atom. The second kappa shape index (κ2) is 8.71. The summed E-state index contributed by atoms with van der Waals surface area (Å²) in [7, 11) is 0. The van der Waals surface area contributed by atoms with Crippen LogP contribution in [0.5, 0.6) is 0 Å². The molecule has 0 amide bonds. The maximum Gasteiger partial charge on any atom is 0.0291 e. The third kappa shape index (κ3) is 5.12. The zero-order chi connectivity index (χ0) is 14.2. The second-order valence-electron chi connectivity index (χ2n) is 5.64. The molecule has 1 aromatic carbocycles. The Hall–Kier alpha value is -0.510. The molecule has 1 heterocycles. The van der Waals surface area contributed by atoms with Gasteiger partial charge in [-0.15, -0.1) is 11.8 Å². The van der Waals surface area contributed by atoms with E-state index in [1.165, 1.54) is 55.1 Å². The molecular weight excluding hydrogens is 264 g/mol. The van der Waals surface area contributed by atoms with Gasteiger partial charge in [0.05, 0.1) is 0 Å². The fraction of sp³-hybridized carbons (Fsp3) is 0.647. The van der Waals surface area contributed by atoms with Crippen molar-refractivity contribution in [2.75, 3.05) is 31.9 Å². The molecule has 1 aromatic rings. The Bertz CT molecular complexity index is 371. The fourth-order valence-corrected chi connectivity index (χ4v) is 3.54. The zero-order valence-corrected chi connectivity index (χ0v) is 13.7. The number of likely N-dealkylation sites (tertiary alicyclic amines) is 1. The smallest absolute Gasteiger partial charge is 0.0291 e. The first-order valence-electron chi connectivity index (χ1n) is 7.98. The van der Waals surface area contributed by atoms with Crippen molar-refractivity contribution < 1.29 is 0 Å². The summed E-state index contributed by atoms with van der Waals surface area (Å²) in [6.07, 6.45) is 3.97. The van der Waals surface area contributed by atoms with Crippen molar-refractivity contribution in [3.63, 3.8) is 0 Å². The number of rotatable bonds is 8. The first kappa shape index (κ1) is 15.9. The average Bonchev–Trinajstić information content (AvgIpc) is 2.99. The lowest BCUT2D eigenvalue weighted by Gasteiger charge is -2.15. The monoisotopic (exact) mass is 292 g/mol. The molecule has 0 aliphatic carbocycles. The number of hydrogen-bond donors (Lipinski definition) is 1. The first-order chi connectivity index (χ1) is 9.79. The van der Waals surface area contributed by atoms with Gasteiger partial charge < -0.3 is 10.2 Å². The molecule has 0 radical (unpaired) electrons. The van der Waals surface area contributed by atoms with Crippen LogP contribution in [0.15, 0.2) is 29.2 Å². The van der Waals surface area contributed by atoms with E-state index in [4.69, 9.17) is 0 Å². The van der Waals surface area contributed by atoms with Gasteiger partial charge in [-0.3, -0.25) is 0 Å². The quantitative estimate of drug-likeness (QED) is 0.731. The first-order valence-corrected chi connectivity index (χ1v) is 8.96. The van der Waals surface area contributed by atoms with Gasteiger partial charge >= 0.3 is 0 Å². The van der Waals surface area contributed by atoms with Crippen molar-refractivity contribution in [3.05, 3.63) is 29.8 Å². The standard InChI is InChI=1S/C17H28N2S/c1-3-10-18-15(2)16-6-8-17(9-7-16)20-14-13-19-11-4-5-12-19/h6-9,15,18H,3-5,10-14H2,1-2H3. The minimum atomic E-state index is 0.457. The van der Waals surface area contributed by atoms with Crippen LogP contribution in [0, 0.1) is 0 Å². The van der Waals surface area contributed by atoms with Gasteiger partial charge in [0.2, 0.25) is 0 Å². The normalized spacial score (nSPS) is 17.5. The molecule has 1 N–H and O–H groups in total. The van der Waals surface area contributed by atoms with E-state index < -0.39 is 0 Å². The zero-order valence-electron chi connectivity index (χ0n) is 12.9. The average molecular weight is 292 g/mol. The Labute approximate surface area is 128 Å². The van der Waals surface area contributed by atoms with E-state index in [2.05, 4.69) is 48.3 Å². The molecule has 1 atom stereocenters. The van der Waals surface area contributed by atoms with Gasteiger partial charge in [0, 0.05) is 23.2 Å². The van der Waals surface area contributed by atoms with Crippen molar-refractivity contribution in [1.29, 1.82) is 0 Å². The lowest BCUT2D eigenvalue weighted by Crippen LogP contribution is -2.21. The van der Waals surface area contributed by atoms with Crippen LogP contribution in [0.4, 0.5) is 0 Å². The van der Waals surface area contributed by atoms with Gasteiger partial charge in [-0.2, -0.15) is 0 Å². The molecule has 1 fully saturated rings. The van der Waals surface area contributed by atoms with Crippen LogP contribution in [0.3, 0.4) is 0 Å². The Morgan fingerprint density at radius 2 is 1.90 bits per heavy atom. The summed E-state index contributed by atoms with van der Waals surface area (Å²) < 4.78 is 0. The Kier molecular flexibility index (Phi) is 6.91. The molecule has 2 nitrogen and oxygen atoms in total. The largest absolute Gasteiger partial charge is 0.310 e. The van der Waals surface area contributed by atoms with Crippen LogP contribution in [-0.4, -0.2) is 36.8 Å². The number of thioether (sulfide) groups is 1. The maximum atomic E-state index is 3.53. The molecule has 0 spiro atoms. The molecule has 1 aliphatic rings. The maximum absolute atomic E-state index is 3.53. The fourth-order valence-electron chi connectivity index (χ4n) is 2.63. The van der Waals surface area contributed by atoms with Crippen LogP contribution in [0.1, 0.15) is 44.7 Å². The number of nitrogens with zero attached hydrogens (tertiary/aromatic N) is 1. The summed E-state index contributed by atoms with van der Waals surface area (Å²) in [6, 6.07) is 9.54. The molecule has 1 unspecified atom stereocenters. The minimum Gasteiger partial charge on any atom is -0.310 e. The third-order valence-corrected chi connectivity index (χ3v) is 4.95. The molecule has 1 saturated heterocycles. The molecule has 1 aliphatic heterocycles. The second-order valence-corrected chi connectivity index (χ2v) is 6.81. The molecule has 3 heteroatoms. The predicted octanol–water partition coefficient (Wildman–Crippen LogP) is 3.94. The van der Waals surface area contributed by atoms with E-state index in [1.807, 2.05) is 11.8 Å². The highest BCUT2D eigenvalue weighted by Gasteiger charge is 2.10. The lowest BCUT2D eigenvalue weighted by atomic mass is 10.1. The number of hydrogen-bond acceptors (Lipinski definition) is 3. The Morgan fingerprint density at radius 3 is 2.55 bits per heavy atom. The van der Waals surface area contributed by atoms with Crippen LogP contribution in [0.2, 0.25) is 0 Å². The number of benzene rings is 1. The van der Waals surface area contributed by atoms with Crippen molar-refractivity contribution in [3.8, 4) is 0 Å². The molecule has 0 bridgehead atoms. The molecule has 2 rings (SSSR count). The van der Waals surface area contributed by atoms with E-state index in [1.54, 1.807) is 0 Å². The molecule has 112 valence electrons. The van der Waals surface area contributed by atoms with Gasteiger partial charge in [0.1, 0.15) is 0 Å². The summed E-state index contributed by atoms with van der Waals surface area (Å²) in [6.45, 7) is 9.39. The SMILES string of the molecule is CCCNC(C)c1ccc(SCCN2CCCC2)cc1. The van der Waals surface area contributed by atoms with Crippen LogP contribution < -0.4 is 5.32 Å². The van der Waals surface area contributed by atoms with Gasteiger partial charge in [0.15, 0.2) is 0 Å². The van der Waals surface area contributed by atoms with Crippen molar-refractivity contribution in [2.45, 2.75) is 44.0 Å². The van der Waals surface area contributed by atoms with Crippen molar-refractivity contribution >= 4 is 11.8 Å². The van der Waals surface area contributed by atoms with Crippen molar-refractivity contribution in [1.82, 2.24) is 10.2 Å². The van der Waals surface area contributed by atoms with Crippen LogP contribution in [-0.2, 0) is 0 Å². The van der Waals surface area contributed by atoms with Gasteiger partial charge in [-0.05, 0) is 63.5 Å². The predicted molar refractivity (Wildman–Crippen MR) is 89.5 cm³/mol. The third-order valence-electron chi connectivity index (χ3n) is 3.96. The molecule has 20 heavy (non-hydrogen) atoms. The van der Waals surface area contributed by atoms with E-state index in [0.717, 1.165) is 6.54 Å². The van der Waals surface area contributed by atoms with Gasteiger partial charge in [0.25, 0.3) is 0 Å². The number of nitrogens with one attached hydrogen (secondary N) is 1. The van der Waals surface area contributed by atoms with Crippen LogP contribution >= 0.6 is 11.8 Å². The van der Waals surface area contributed by atoms with E-state index in [-0.39, 0.29) is 0 Å². The summed E-state index contributed by atoms with van der Waals surface area (Å²) >= 11 is 1.98. The highest BCUT2D eigenvalue weighted by molar-refractivity contribution is 7.99. The highest BCUT2D eigenvalue weighted by Crippen LogP contribution is 2.21. The van der Waals surface area contributed by atoms with E-state index in [0.29, 0.717) is 6.04 Å². The highest BCUT2D eigenvalue weighted by atomic mass is 32.2. The summed E-state index contributed by atoms with van der Waals surface area (Å²) in [5, 5.41) is 3.53. The summed E-state index contributed by atoms with van der Waals surface area (Å²) in [5.74, 6) is 1.21. The Balaban J connectivity index is 1.73. The van der Waals surface area contributed by atoms with E-state index >= 15 is 0 Å².